The Hall–Kier alpha value is -2.05. The number of aliphatic carboxylic acids is 1. The van der Waals surface area contributed by atoms with Crippen LogP contribution in [0.15, 0.2) is 23.8 Å². The molecule has 0 radical (unpaired) electrons. The first-order valence-corrected chi connectivity index (χ1v) is 7.18. The maximum atomic E-state index is 12.6. The number of carbonyl (C=O) groups is 2. The fraction of sp³-hybridized carbons (Fsp3) is 0.333. The minimum absolute atomic E-state index is 0.00236. The van der Waals surface area contributed by atoms with Gasteiger partial charge in [-0.2, -0.15) is 0 Å². The molecule has 2 aliphatic heterocycles. The van der Waals surface area contributed by atoms with Crippen molar-refractivity contribution in [3.05, 3.63) is 34.4 Å². The van der Waals surface area contributed by atoms with Gasteiger partial charge in [0, 0.05) is 17.1 Å². The van der Waals surface area contributed by atoms with Crippen LogP contribution in [0.1, 0.15) is 5.56 Å². The molecule has 1 fully saturated rings. The molecule has 0 spiro atoms. The van der Waals surface area contributed by atoms with Gasteiger partial charge in [-0.25, -0.2) is 4.79 Å². The average Bonchev–Trinajstić information content (AvgIpc) is 2.53. The molecular weight excluding hydrogens is 310 g/mol. The zero-order valence-corrected chi connectivity index (χ0v) is 12.4. The van der Waals surface area contributed by atoms with Crippen molar-refractivity contribution in [1.29, 1.82) is 0 Å². The third kappa shape index (κ3) is 2.80. The fourth-order valence-electron chi connectivity index (χ4n) is 2.51. The average molecular weight is 324 g/mol. The topological polar surface area (TPSA) is 76.1 Å². The van der Waals surface area contributed by atoms with Gasteiger partial charge in [0.1, 0.15) is 12.4 Å². The third-order valence-electron chi connectivity index (χ3n) is 3.63. The number of morpholine rings is 1. The maximum absolute atomic E-state index is 12.6. The van der Waals surface area contributed by atoms with Crippen molar-refractivity contribution >= 4 is 29.6 Å². The molecule has 3 rings (SSSR count). The highest BCUT2D eigenvalue weighted by molar-refractivity contribution is 6.30. The Morgan fingerprint density at radius 1 is 1.36 bits per heavy atom. The van der Waals surface area contributed by atoms with E-state index in [4.69, 9.17) is 21.1 Å². The van der Waals surface area contributed by atoms with Crippen LogP contribution in [0.4, 0.5) is 0 Å². The van der Waals surface area contributed by atoms with Crippen LogP contribution in [0.2, 0.25) is 5.02 Å². The Morgan fingerprint density at radius 2 is 2.18 bits per heavy atom. The number of fused-ring (bicyclic) bond motifs is 1. The minimum atomic E-state index is -1.08. The Labute approximate surface area is 131 Å². The van der Waals surface area contributed by atoms with Gasteiger partial charge in [0.25, 0.3) is 5.91 Å². The summed E-state index contributed by atoms with van der Waals surface area (Å²) in [6.45, 7) is 0.677. The van der Waals surface area contributed by atoms with Crippen LogP contribution in [0.25, 0.3) is 6.08 Å². The minimum Gasteiger partial charge on any atom is -0.488 e. The van der Waals surface area contributed by atoms with Crippen LogP contribution in [0.3, 0.4) is 0 Å². The third-order valence-corrected chi connectivity index (χ3v) is 3.87. The van der Waals surface area contributed by atoms with Gasteiger partial charge >= 0.3 is 5.97 Å². The van der Waals surface area contributed by atoms with E-state index in [1.165, 1.54) is 4.90 Å². The van der Waals surface area contributed by atoms with E-state index in [1.807, 2.05) is 0 Å². The van der Waals surface area contributed by atoms with Crippen LogP contribution >= 0.6 is 11.6 Å². The molecule has 1 saturated heterocycles. The van der Waals surface area contributed by atoms with Crippen LogP contribution in [-0.2, 0) is 14.3 Å². The summed E-state index contributed by atoms with van der Waals surface area (Å²) < 4.78 is 10.7. The summed E-state index contributed by atoms with van der Waals surface area (Å²) >= 11 is 5.94. The number of ether oxygens (including phenoxy) is 2. The van der Waals surface area contributed by atoms with Crippen molar-refractivity contribution < 1.29 is 24.2 Å². The van der Waals surface area contributed by atoms with Crippen molar-refractivity contribution in [3.8, 4) is 5.75 Å². The molecule has 22 heavy (non-hydrogen) atoms. The molecule has 1 aromatic carbocycles. The summed E-state index contributed by atoms with van der Waals surface area (Å²) in [5.41, 5.74) is 1.12. The second kappa shape index (κ2) is 5.98. The number of nitrogens with zero attached hydrogens (tertiary/aromatic N) is 1. The van der Waals surface area contributed by atoms with Gasteiger partial charge in [-0.15, -0.1) is 0 Å². The normalized spacial score (nSPS) is 20.7. The number of rotatable bonds is 2. The number of hydrogen-bond acceptors (Lipinski definition) is 4. The molecule has 7 heteroatoms. The Balaban J connectivity index is 1.87. The SMILES string of the molecule is O=C(O)C1COCCN1C(=O)C1=Cc2cc(Cl)ccc2OC1. The highest BCUT2D eigenvalue weighted by atomic mass is 35.5. The van der Waals surface area contributed by atoms with E-state index in [1.54, 1.807) is 24.3 Å². The molecule has 1 unspecified atom stereocenters. The standard InChI is InChI=1S/C15H14ClNO5/c16-11-1-2-13-9(6-11)5-10(7-22-13)14(18)17-3-4-21-8-12(17)15(19)20/h1-2,5-6,12H,3-4,7-8H2,(H,19,20). The first kappa shape index (κ1) is 14.9. The second-order valence-electron chi connectivity index (χ2n) is 5.07. The van der Waals surface area contributed by atoms with E-state index < -0.39 is 12.0 Å². The lowest BCUT2D eigenvalue weighted by molar-refractivity contribution is -0.156. The molecular formula is C15H14ClNO5. The van der Waals surface area contributed by atoms with Gasteiger partial charge in [0.2, 0.25) is 0 Å². The van der Waals surface area contributed by atoms with Gasteiger partial charge < -0.3 is 19.5 Å². The lowest BCUT2D eigenvalue weighted by Crippen LogP contribution is -2.53. The summed E-state index contributed by atoms with van der Waals surface area (Å²) in [4.78, 5) is 25.2. The van der Waals surface area contributed by atoms with E-state index in [9.17, 15) is 14.7 Å². The molecule has 0 aromatic heterocycles. The number of hydrogen-bond donors (Lipinski definition) is 1. The summed E-state index contributed by atoms with van der Waals surface area (Å²) in [7, 11) is 0. The number of amides is 1. The summed E-state index contributed by atoms with van der Waals surface area (Å²) in [5.74, 6) is -0.771. The Bertz CT molecular complexity index is 657. The monoisotopic (exact) mass is 323 g/mol. The van der Waals surface area contributed by atoms with Crippen molar-refractivity contribution in [2.24, 2.45) is 0 Å². The van der Waals surface area contributed by atoms with Gasteiger partial charge in [-0.05, 0) is 24.3 Å². The summed E-state index contributed by atoms with van der Waals surface area (Å²) in [6.07, 6.45) is 1.70. The van der Waals surface area contributed by atoms with E-state index in [2.05, 4.69) is 0 Å². The van der Waals surface area contributed by atoms with E-state index >= 15 is 0 Å². The van der Waals surface area contributed by atoms with Crippen LogP contribution < -0.4 is 4.74 Å². The summed E-state index contributed by atoms with van der Waals surface area (Å²) in [5, 5.41) is 9.75. The summed E-state index contributed by atoms with van der Waals surface area (Å²) in [6, 6.07) is 4.19. The molecule has 1 atom stereocenters. The highest BCUT2D eigenvalue weighted by Crippen LogP contribution is 2.29. The number of benzene rings is 1. The maximum Gasteiger partial charge on any atom is 0.328 e. The molecule has 1 aromatic rings. The molecule has 0 aliphatic carbocycles. The van der Waals surface area contributed by atoms with E-state index in [-0.39, 0.29) is 25.7 Å². The predicted octanol–water partition coefficient (Wildman–Crippen LogP) is 1.43. The number of carboxylic acid groups (broad SMARTS) is 1. The lowest BCUT2D eigenvalue weighted by atomic mass is 10.1. The molecule has 0 bridgehead atoms. The van der Waals surface area contributed by atoms with Crippen molar-refractivity contribution in [2.45, 2.75) is 6.04 Å². The second-order valence-corrected chi connectivity index (χ2v) is 5.50. The highest BCUT2D eigenvalue weighted by Gasteiger charge is 2.34. The predicted molar refractivity (Wildman–Crippen MR) is 78.9 cm³/mol. The molecule has 6 nitrogen and oxygen atoms in total. The quantitative estimate of drug-likeness (QED) is 0.891. The zero-order chi connectivity index (χ0) is 15.7. The first-order chi connectivity index (χ1) is 10.6. The van der Waals surface area contributed by atoms with Crippen LogP contribution in [0.5, 0.6) is 5.75 Å². The lowest BCUT2D eigenvalue weighted by Gasteiger charge is -2.34. The molecule has 1 N–H and O–H groups in total. The van der Waals surface area contributed by atoms with Crippen LogP contribution in [0, 0.1) is 0 Å². The van der Waals surface area contributed by atoms with Crippen molar-refractivity contribution in [1.82, 2.24) is 4.90 Å². The zero-order valence-electron chi connectivity index (χ0n) is 11.6. The van der Waals surface area contributed by atoms with Crippen molar-refractivity contribution in [2.75, 3.05) is 26.4 Å². The number of carboxylic acids is 1. The molecule has 2 aliphatic rings. The van der Waals surface area contributed by atoms with Crippen LogP contribution in [-0.4, -0.2) is 54.3 Å². The molecule has 2 heterocycles. The Morgan fingerprint density at radius 3 is 2.95 bits per heavy atom. The molecule has 116 valence electrons. The molecule has 0 saturated carbocycles. The van der Waals surface area contributed by atoms with Gasteiger partial charge in [-0.3, -0.25) is 4.79 Å². The number of carbonyl (C=O) groups excluding carboxylic acids is 1. The number of halogens is 1. The van der Waals surface area contributed by atoms with Gasteiger partial charge in [-0.1, -0.05) is 11.6 Å². The van der Waals surface area contributed by atoms with E-state index in [0.717, 1.165) is 0 Å². The smallest absolute Gasteiger partial charge is 0.328 e. The van der Waals surface area contributed by atoms with E-state index in [0.29, 0.717) is 28.5 Å². The molecule has 1 amide bonds. The largest absolute Gasteiger partial charge is 0.488 e. The van der Waals surface area contributed by atoms with Crippen molar-refractivity contribution in [3.63, 3.8) is 0 Å². The first-order valence-electron chi connectivity index (χ1n) is 6.80. The van der Waals surface area contributed by atoms with Gasteiger partial charge in [0.05, 0.1) is 18.8 Å². The Kier molecular flexibility index (Phi) is 4.04. The fourth-order valence-corrected chi connectivity index (χ4v) is 2.69. The van der Waals surface area contributed by atoms with Gasteiger partial charge in [0.15, 0.2) is 6.04 Å².